The van der Waals surface area contributed by atoms with Crippen molar-refractivity contribution in [3.8, 4) is 0 Å². The Labute approximate surface area is 231 Å². The Hall–Kier alpha value is -3.61. The summed E-state index contributed by atoms with van der Waals surface area (Å²) in [5.74, 6) is -0.563. The van der Waals surface area contributed by atoms with Crippen LogP contribution in [-0.2, 0) is 11.2 Å². The molecule has 0 radical (unpaired) electrons. The molecule has 1 heterocycles. The summed E-state index contributed by atoms with van der Waals surface area (Å²) in [6.07, 6.45) is 4.37. The van der Waals surface area contributed by atoms with Gasteiger partial charge in [-0.2, -0.15) is 0 Å². The van der Waals surface area contributed by atoms with E-state index in [9.17, 15) is 9.59 Å². The van der Waals surface area contributed by atoms with E-state index in [-0.39, 0.29) is 11.8 Å². The van der Waals surface area contributed by atoms with E-state index in [1.807, 2.05) is 93.6 Å². The van der Waals surface area contributed by atoms with E-state index in [0.29, 0.717) is 22.7 Å². The number of aryl methyl sites for hydroxylation is 1. The lowest BCUT2D eigenvalue weighted by molar-refractivity contribution is -0.118. The Morgan fingerprint density at radius 3 is 2.29 bits per heavy atom. The molecule has 1 atom stereocenters. The summed E-state index contributed by atoms with van der Waals surface area (Å²) < 4.78 is 0. The highest BCUT2D eigenvalue weighted by molar-refractivity contribution is 6.31. The molecular formula is C31H37ClN4O2. The van der Waals surface area contributed by atoms with Crippen molar-refractivity contribution in [2.75, 3.05) is 36.4 Å². The van der Waals surface area contributed by atoms with Crippen molar-refractivity contribution in [3.05, 3.63) is 107 Å². The van der Waals surface area contributed by atoms with Crippen LogP contribution < -0.4 is 20.9 Å². The molecule has 1 aliphatic rings. The minimum atomic E-state index is -0.760. The van der Waals surface area contributed by atoms with Gasteiger partial charge in [0.1, 0.15) is 6.04 Å². The van der Waals surface area contributed by atoms with Gasteiger partial charge in [0, 0.05) is 43.2 Å². The number of carbonyl (C=O) groups excluding carboxylic acids is 2. The van der Waals surface area contributed by atoms with Crippen LogP contribution in [0.3, 0.4) is 0 Å². The predicted molar refractivity (Wildman–Crippen MR) is 158 cm³/mol. The molecule has 200 valence electrons. The average molecular weight is 533 g/mol. The van der Waals surface area contributed by atoms with Gasteiger partial charge in [-0.15, -0.1) is 0 Å². The second-order valence-corrected chi connectivity index (χ2v) is 9.52. The quantitative estimate of drug-likeness (QED) is 0.345. The van der Waals surface area contributed by atoms with Gasteiger partial charge in [0.2, 0.25) is 5.91 Å². The van der Waals surface area contributed by atoms with Gasteiger partial charge in [-0.1, -0.05) is 72.3 Å². The molecule has 1 aliphatic heterocycles. The molecule has 7 heteroatoms. The number of allylic oxidation sites excluding steroid dienone is 2. The third kappa shape index (κ3) is 8.47. The first kappa shape index (κ1) is 29.0. The summed E-state index contributed by atoms with van der Waals surface area (Å²) in [4.78, 5) is 28.8. The van der Waals surface area contributed by atoms with Crippen LogP contribution in [0.15, 0.2) is 84.9 Å². The Kier molecular flexibility index (Phi) is 11.4. The molecule has 2 amide bonds. The molecule has 1 fully saturated rings. The highest BCUT2D eigenvalue weighted by atomic mass is 35.5. The van der Waals surface area contributed by atoms with Gasteiger partial charge >= 0.3 is 0 Å². The Bertz CT molecular complexity index is 1220. The van der Waals surface area contributed by atoms with Crippen LogP contribution in [0.25, 0.3) is 0 Å². The summed E-state index contributed by atoms with van der Waals surface area (Å²) in [7, 11) is 0. The lowest BCUT2D eigenvalue weighted by atomic mass is 10.0. The molecule has 3 aromatic rings. The summed E-state index contributed by atoms with van der Waals surface area (Å²) >= 11 is 6.28. The summed E-state index contributed by atoms with van der Waals surface area (Å²) in [6, 6.07) is 21.8. The molecule has 1 unspecified atom stereocenters. The molecule has 0 saturated carbocycles. The number of rotatable bonds is 7. The maximum Gasteiger partial charge on any atom is 0.252 e. The number of hydrogen-bond acceptors (Lipinski definition) is 4. The maximum atomic E-state index is 13.5. The second-order valence-electron chi connectivity index (χ2n) is 9.09. The minimum absolute atomic E-state index is 0.275. The van der Waals surface area contributed by atoms with Crippen molar-refractivity contribution in [3.63, 3.8) is 0 Å². The standard InChI is InChI=1S/C27H29ClN4O2.C4H8/c1-19-7-5-6-10-22(19)26(33)31-24(17-20-8-3-2-4-9-20)27(34)30-23-18-21(28)11-12-25(23)32-15-13-29-14-16-32;1-3-4-2/h2-12,18,24,29H,13-17H2,1H3,(H,30,34)(H,31,33);3-4H,1-2H3/b;4-3-. The molecule has 4 rings (SSSR count). The molecule has 3 aromatic carbocycles. The highest BCUT2D eigenvalue weighted by Crippen LogP contribution is 2.30. The van der Waals surface area contributed by atoms with Crippen molar-refractivity contribution in [2.45, 2.75) is 33.2 Å². The first-order chi connectivity index (χ1) is 18.4. The van der Waals surface area contributed by atoms with Crippen LogP contribution in [-0.4, -0.2) is 44.0 Å². The highest BCUT2D eigenvalue weighted by Gasteiger charge is 2.24. The SMILES string of the molecule is C/C=C\C.Cc1ccccc1C(=O)NC(Cc1ccccc1)C(=O)Nc1cc(Cl)ccc1N1CCNCC1. The van der Waals surface area contributed by atoms with Crippen LogP contribution in [0.2, 0.25) is 5.02 Å². The van der Waals surface area contributed by atoms with Crippen molar-refractivity contribution >= 4 is 34.8 Å². The predicted octanol–water partition coefficient (Wildman–Crippen LogP) is 5.62. The van der Waals surface area contributed by atoms with E-state index < -0.39 is 6.04 Å². The van der Waals surface area contributed by atoms with E-state index in [4.69, 9.17) is 11.6 Å². The summed E-state index contributed by atoms with van der Waals surface area (Å²) in [5, 5.41) is 9.87. The van der Waals surface area contributed by atoms with Crippen LogP contribution in [0.1, 0.15) is 35.3 Å². The molecule has 0 aliphatic carbocycles. The summed E-state index contributed by atoms with van der Waals surface area (Å²) in [5.41, 5.74) is 3.93. The van der Waals surface area contributed by atoms with Gasteiger partial charge in [-0.05, 0) is 56.2 Å². The number of amides is 2. The van der Waals surface area contributed by atoms with E-state index >= 15 is 0 Å². The summed E-state index contributed by atoms with van der Waals surface area (Å²) in [6.45, 7) is 9.30. The Morgan fingerprint density at radius 1 is 0.974 bits per heavy atom. The number of benzene rings is 3. The topological polar surface area (TPSA) is 73.5 Å². The Balaban J connectivity index is 0.000000934. The van der Waals surface area contributed by atoms with E-state index in [1.54, 1.807) is 12.1 Å². The zero-order valence-electron chi connectivity index (χ0n) is 22.3. The normalized spacial score (nSPS) is 13.8. The van der Waals surface area contributed by atoms with E-state index in [1.165, 1.54) is 0 Å². The first-order valence-electron chi connectivity index (χ1n) is 13.0. The van der Waals surface area contributed by atoms with Crippen molar-refractivity contribution in [1.82, 2.24) is 10.6 Å². The fraction of sp³-hybridized carbons (Fsp3) is 0.290. The number of hydrogen-bond donors (Lipinski definition) is 3. The van der Waals surface area contributed by atoms with Gasteiger partial charge in [-0.25, -0.2) is 0 Å². The number of carbonyl (C=O) groups is 2. The van der Waals surface area contributed by atoms with E-state index in [2.05, 4.69) is 20.9 Å². The molecule has 38 heavy (non-hydrogen) atoms. The largest absolute Gasteiger partial charge is 0.367 e. The number of piperazine rings is 1. The maximum absolute atomic E-state index is 13.5. The molecular weight excluding hydrogens is 496 g/mol. The number of anilines is 2. The second kappa shape index (κ2) is 15.0. The van der Waals surface area contributed by atoms with Crippen LogP contribution >= 0.6 is 11.6 Å². The fourth-order valence-corrected chi connectivity index (χ4v) is 4.30. The average Bonchev–Trinajstić information content (AvgIpc) is 2.94. The van der Waals surface area contributed by atoms with Crippen molar-refractivity contribution in [1.29, 1.82) is 0 Å². The monoisotopic (exact) mass is 532 g/mol. The Morgan fingerprint density at radius 2 is 1.63 bits per heavy atom. The molecule has 1 saturated heterocycles. The van der Waals surface area contributed by atoms with Crippen LogP contribution in [0, 0.1) is 6.92 Å². The van der Waals surface area contributed by atoms with Gasteiger partial charge in [-0.3, -0.25) is 9.59 Å². The zero-order chi connectivity index (χ0) is 27.3. The number of nitrogens with one attached hydrogen (secondary N) is 3. The van der Waals surface area contributed by atoms with Gasteiger partial charge < -0.3 is 20.9 Å². The van der Waals surface area contributed by atoms with Crippen LogP contribution in [0.4, 0.5) is 11.4 Å². The number of halogens is 1. The minimum Gasteiger partial charge on any atom is -0.367 e. The van der Waals surface area contributed by atoms with Crippen LogP contribution in [0.5, 0.6) is 0 Å². The van der Waals surface area contributed by atoms with Gasteiger partial charge in [0.15, 0.2) is 0 Å². The first-order valence-corrected chi connectivity index (χ1v) is 13.3. The molecule has 3 N–H and O–H groups in total. The van der Waals surface area contributed by atoms with Crippen molar-refractivity contribution in [2.24, 2.45) is 0 Å². The van der Waals surface area contributed by atoms with E-state index in [0.717, 1.165) is 43.0 Å². The number of nitrogens with zero attached hydrogens (tertiary/aromatic N) is 1. The smallest absolute Gasteiger partial charge is 0.252 e. The van der Waals surface area contributed by atoms with Gasteiger partial charge in [0.05, 0.1) is 11.4 Å². The molecule has 6 nitrogen and oxygen atoms in total. The molecule has 0 bridgehead atoms. The molecule has 0 aromatic heterocycles. The third-order valence-electron chi connectivity index (χ3n) is 6.30. The van der Waals surface area contributed by atoms with Crippen molar-refractivity contribution < 1.29 is 9.59 Å². The molecule has 0 spiro atoms. The zero-order valence-corrected chi connectivity index (χ0v) is 23.1. The lowest BCUT2D eigenvalue weighted by Crippen LogP contribution is -2.46. The third-order valence-corrected chi connectivity index (χ3v) is 6.54. The van der Waals surface area contributed by atoms with Gasteiger partial charge in [0.25, 0.3) is 5.91 Å². The lowest BCUT2D eigenvalue weighted by Gasteiger charge is -2.31. The fourth-order valence-electron chi connectivity index (χ4n) is 4.13.